The molecule has 6 heteroatoms. The van der Waals surface area contributed by atoms with E-state index < -0.39 is 0 Å². The quantitative estimate of drug-likeness (QED) is 0.337. The third kappa shape index (κ3) is 7.38. The third-order valence-corrected chi connectivity index (χ3v) is 8.58. The Morgan fingerprint density at radius 1 is 0.625 bits per heavy atom. The average Bonchev–Trinajstić information content (AvgIpc) is 3.63. The molecule has 0 spiro atoms. The SMILES string of the molecule is CCC(CN(CC1CO1)CC1CO1)C1CCCC(C(CC)CN(CC2CO2)CC2CO2)C1. The number of hydrogen-bond donors (Lipinski definition) is 0. The van der Waals surface area contributed by atoms with Crippen molar-refractivity contribution in [1.29, 1.82) is 0 Å². The lowest BCUT2D eigenvalue weighted by Crippen LogP contribution is -2.41. The van der Waals surface area contributed by atoms with Gasteiger partial charge in [-0.15, -0.1) is 0 Å². The third-order valence-electron chi connectivity index (χ3n) is 8.58. The van der Waals surface area contributed by atoms with Gasteiger partial charge in [-0.3, -0.25) is 9.80 Å². The fourth-order valence-electron chi connectivity index (χ4n) is 6.30. The maximum atomic E-state index is 5.56. The predicted molar refractivity (Wildman–Crippen MR) is 125 cm³/mol. The highest BCUT2D eigenvalue weighted by atomic mass is 16.6. The van der Waals surface area contributed by atoms with Crippen molar-refractivity contribution in [3.05, 3.63) is 0 Å². The van der Waals surface area contributed by atoms with Crippen molar-refractivity contribution >= 4 is 0 Å². The molecule has 0 N–H and O–H groups in total. The van der Waals surface area contributed by atoms with Crippen molar-refractivity contribution in [1.82, 2.24) is 9.80 Å². The number of rotatable bonds is 16. The Labute approximate surface area is 195 Å². The zero-order valence-electron chi connectivity index (χ0n) is 20.5. The molecule has 184 valence electrons. The van der Waals surface area contributed by atoms with E-state index in [0.717, 1.165) is 76.3 Å². The maximum absolute atomic E-state index is 5.56. The van der Waals surface area contributed by atoms with Crippen LogP contribution in [-0.2, 0) is 18.9 Å². The molecule has 0 aromatic carbocycles. The molecule has 8 atom stereocenters. The lowest BCUT2D eigenvalue weighted by molar-refractivity contribution is 0.0880. The van der Waals surface area contributed by atoms with Gasteiger partial charge in [0.15, 0.2) is 0 Å². The van der Waals surface area contributed by atoms with Gasteiger partial charge in [-0.25, -0.2) is 0 Å². The standard InChI is InChI=1S/C26H46N2O4/c1-3-19(9-27(11-23-15-29-23)12-24-16-30-24)21-6-5-7-22(8-21)20(4-2)10-28(13-25-17-31-25)14-26-18-32-26/h19-26H,3-18H2,1-2H3. The minimum Gasteiger partial charge on any atom is -0.372 e. The van der Waals surface area contributed by atoms with E-state index in [9.17, 15) is 0 Å². The first-order valence-corrected chi connectivity index (χ1v) is 13.6. The maximum Gasteiger partial charge on any atom is 0.0936 e. The van der Waals surface area contributed by atoms with Gasteiger partial charge in [0.25, 0.3) is 0 Å². The second-order valence-corrected chi connectivity index (χ2v) is 11.3. The molecule has 8 unspecified atom stereocenters. The van der Waals surface area contributed by atoms with Gasteiger partial charge in [-0.2, -0.15) is 0 Å². The summed E-state index contributed by atoms with van der Waals surface area (Å²) >= 11 is 0. The highest BCUT2D eigenvalue weighted by Gasteiger charge is 2.37. The van der Waals surface area contributed by atoms with E-state index in [1.807, 2.05) is 0 Å². The van der Waals surface area contributed by atoms with Crippen LogP contribution in [0.1, 0.15) is 52.4 Å². The molecule has 0 amide bonds. The fourth-order valence-corrected chi connectivity index (χ4v) is 6.30. The summed E-state index contributed by atoms with van der Waals surface area (Å²) in [7, 11) is 0. The molecule has 0 aromatic heterocycles. The normalized spacial score (nSPS) is 37.5. The van der Waals surface area contributed by atoms with Crippen LogP contribution in [0.5, 0.6) is 0 Å². The van der Waals surface area contributed by atoms with Crippen molar-refractivity contribution in [2.45, 2.75) is 76.8 Å². The molecule has 6 nitrogen and oxygen atoms in total. The molecular weight excluding hydrogens is 404 g/mol. The van der Waals surface area contributed by atoms with Crippen LogP contribution in [0.3, 0.4) is 0 Å². The van der Waals surface area contributed by atoms with Gasteiger partial charge >= 0.3 is 0 Å². The zero-order chi connectivity index (χ0) is 21.9. The van der Waals surface area contributed by atoms with Gasteiger partial charge in [0.05, 0.1) is 50.8 Å². The second kappa shape index (κ2) is 11.0. The van der Waals surface area contributed by atoms with Crippen LogP contribution in [0.25, 0.3) is 0 Å². The molecule has 5 fully saturated rings. The largest absolute Gasteiger partial charge is 0.372 e. The molecule has 4 aliphatic heterocycles. The second-order valence-electron chi connectivity index (χ2n) is 11.3. The van der Waals surface area contributed by atoms with Gasteiger partial charge in [0, 0.05) is 39.3 Å². The highest BCUT2D eigenvalue weighted by Crippen LogP contribution is 2.40. The average molecular weight is 451 g/mol. The molecule has 0 aromatic rings. The summed E-state index contributed by atoms with van der Waals surface area (Å²) in [6.45, 7) is 15.5. The van der Waals surface area contributed by atoms with Crippen LogP contribution in [0.4, 0.5) is 0 Å². The first-order valence-electron chi connectivity index (χ1n) is 13.6. The van der Waals surface area contributed by atoms with Crippen LogP contribution in [-0.4, -0.2) is 99.9 Å². The molecule has 0 radical (unpaired) electrons. The molecule has 4 saturated heterocycles. The number of hydrogen-bond acceptors (Lipinski definition) is 6. The van der Waals surface area contributed by atoms with E-state index in [-0.39, 0.29) is 0 Å². The predicted octanol–water partition coefficient (Wildman–Crippen LogP) is 3.04. The first-order chi connectivity index (χ1) is 15.7. The van der Waals surface area contributed by atoms with Crippen molar-refractivity contribution < 1.29 is 18.9 Å². The molecular formula is C26H46N2O4. The Morgan fingerprint density at radius 2 is 0.969 bits per heavy atom. The summed E-state index contributed by atoms with van der Waals surface area (Å²) in [6.07, 6.45) is 10.2. The Balaban J connectivity index is 1.15. The molecule has 32 heavy (non-hydrogen) atoms. The van der Waals surface area contributed by atoms with Gasteiger partial charge in [0.2, 0.25) is 0 Å². The van der Waals surface area contributed by atoms with Crippen molar-refractivity contribution in [3.8, 4) is 0 Å². The molecule has 5 rings (SSSR count). The lowest BCUT2D eigenvalue weighted by atomic mass is 9.69. The van der Waals surface area contributed by atoms with Gasteiger partial charge in [-0.05, 0) is 30.1 Å². The van der Waals surface area contributed by atoms with Gasteiger partial charge in [0.1, 0.15) is 0 Å². The Hall–Kier alpha value is -0.240. The van der Waals surface area contributed by atoms with Crippen LogP contribution in [0, 0.1) is 23.7 Å². The van der Waals surface area contributed by atoms with E-state index in [0.29, 0.717) is 24.4 Å². The molecule has 5 aliphatic rings. The minimum atomic E-state index is 0.478. The molecule has 4 heterocycles. The van der Waals surface area contributed by atoms with Crippen LogP contribution < -0.4 is 0 Å². The van der Waals surface area contributed by atoms with Crippen molar-refractivity contribution in [2.75, 3.05) is 65.7 Å². The Bertz CT molecular complexity index is 500. The number of epoxide rings is 4. The minimum absolute atomic E-state index is 0.478. The Morgan fingerprint density at radius 3 is 1.25 bits per heavy atom. The summed E-state index contributed by atoms with van der Waals surface area (Å²) in [5.41, 5.74) is 0. The van der Waals surface area contributed by atoms with E-state index in [1.54, 1.807) is 0 Å². The van der Waals surface area contributed by atoms with E-state index in [4.69, 9.17) is 18.9 Å². The van der Waals surface area contributed by atoms with Crippen LogP contribution in [0.15, 0.2) is 0 Å². The number of nitrogens with zero attached hydrogens (tertiary/aromatic N) is 2. The zero-order valence-corrected chi connectivity index (χ0v) is 20.5. The summed E-state index contributed by atoms with van der Waals surface area (Å²) in [6, 6.07) is 0. The summed E-state index contributed by atoms with van der Waals surface area (Å²) < 4.78 is 22.2. The molecule has 0 bridgehead atoms. The lowest BCUT2D eigenvalue weighted by Gasteiger charge is -2.40. The Kier molecular flexibility index (Phi) is 8.08. The van der Waals surface area contributed by atoms with Crippen LogP contribution in [0.2, 0.25) is 0 Å². The fraction of sp³-hybridized carbons (Fsp3) is 1.00. The first kappa shape index (κ1) is 23.5. The summed E-state index contributed by atoms with van der Waals surface area (Å²) in [4.78, 5) is 5.33. The van der Waals surface area contributed by atoms with Crippen molar-refractivity contribution in [2.24, 2.45) is 23.7 Å². The summed E-state index contributed by atoms with van der Waals surface area (Å²) in [5.74, 6) is 3.37. The number of ether oxygens (including phenoxy) is 4. The van der Waals surface area contributed by atoms with Crippen molar-refractivity contribution in [3.63, 3.8) is 0 Å². The monoisotopic (exact) mass is 450 g/mol. The molecule has 1 saturated carbocycles. The van der Waals surface area contributed by atoms with Gasteiger partial charge in [-0.1, -0.05) is 46.0 Å². The summed E-state index contributed by atoms with van der Waals surface area (Å²) in [5, 5.41) is 0. The topological polar surface area (TPSA) is 56.6 Å². The molecule has 1 aliphatic carbocycles. The van der Waals surface area contributed by atoms with E-state index in [1.165, 1.54) is 51.6 Å². The van der Waals surface area contributed by atoms with E-state index in [2.05, 4.69) is 23.6 Å². The van der Waals surface area contributed by atoms with E-state index >= 15 is 0 Å². The smallest absolute Gasteiger partial charge is 0.0936 e. The highest BCUT2D eigenvalue weighted by molar-refractivity contribution is 4.88. The van der Waals surface area contributed by atoms with Gasteiger partial charge < -0.3 is 18.9 Å². The van der Waals surface area contributed by atoms with Crippen LogP contribution >= 0.6 is 0 Å².